The molecule has 0 saturated heterocycles. The number of ether oxygens (including phenoxy) is 1. The average molecular weight is 360 g/mol. The molecule has 1 amide bonds. The molecule has 0 spiro atoms. The Labute approximate surface area is 152 Å². The Morgan fingerprint density at radius 2 is 2.00 bits per heavy atom. The van der Waals surface area contributed by atoms with Crippen molar-refractivity contribution in [1.29, 1.82) is 0 Å². The lowest BCUT2D eigenvalue weighted by molar-refractivity contribution is -0.125. The van der Waals surface area contributed by atoms with Crippen LogP contribution >= 0.6 is 0 Å². The largest absolute Gasteiger partial charge is 0.465 e. The van der Waals surface area contributed by atoms with Gasteiger partial charge in [0.05, 0.1) is 25.3 Å². The monoisotopic (exact) mass is 360 g/mol. The minimum absolute atomic E-state index is 0.111. The van der Waals surface area contributed by atoms with Crippen molar-refractivity contribution in [2.75, 3.05) is 14.2 Å². The molecule has 1 aromatic carbocycles. The highest BCUT2D eigenvalue weighted by Gasteiger charge is 2.20. The number of methoxy groups -OCH3 is 1. The smallest absolute Gasteiger partial charge is 0.337 e. The number of amides is 1. The normalized spacial score (nSPS) is 12.0. The van der Waals surface area contributed by atoms with E-state index in [0.717, 1.165) is 5.56 Å². The zero-order valence-electron chi connectivity index (χ0n) is 15.5. The second kappa shape index (κ2) is 9.10. The van der Waals surface area contributed by atoms with Gasteiger partial charge in [-0.1, -0.05) is 24.2 Å². The first-order valence-corrected chi connectivity index (χ1v) is 8.41. The Kier molecular flexibility index (Phi) is 6.85. The number of nitrogens with one attached hydrogen (secondary N) is 1. The number of esters is 1. The van der Waals surface area contributed by atoms with Crippen molar-refractivity contribution >= 4 is 11.9 Å². The number of likely N-dealkylation sites (N-methyl/N-ethyl adjacent to an activating group) is 1. The predicted octanol–water partition coefficient (Wildman–Crippen LogP) is 1.56. The number of rotatable bonds is 8. The molecule has 140 valence electrons. The second-order valence-electron chi connectivity index (χ2n) is 5.96. The lowest BCUT2D eigenvalue weighted by Crippen LogP contribution is -2.42. The van der Waals surface area contributed by atoms with Crippen LogP contribution in [0.4, 0.5) is 0 Å². The summed E-state index contributed by atoms with van der Waals surface area (Å²) in [5, 5.41) is 6.73. The van der Waals surface area contributed by atoms with Gasteiger partial charge in [0, 0.05) is 13.0 Å². The molecule has 1 N–H and O–H groups in total. The van der Waals surface area contributed by atoms with Crippen LogP contribution in [0.5, 0.6) is 0 Å². The average Bonchev–Trinajstić information content (AvgIpc) is 3.12. The zero-order valence-corrected chi connectivity index (χ0v) is 15.5. The van der Waals surface area contributed by atoms with E-state index in [0.29, 0.717) is 36.8 Å². The molecule has 0 aliphatic rings. The fourth-order valence-electron chi connectivity index (χ4n) is 2.26. The number of benzene rings is 1. The van der Waals surface area contributed by atoms with Gasteiger partial charge in [0.1, 0.15) is 0 Å². The van der Waals surface area contributed by atoms with Crippen LogP contribution in [0.1, 0.15) is 41.5 Å². The van der Waals surface area contributed by atoms with Crippen LogP contribution in [0.25, 0.3) is 0 Å². The molecule has 0 radical (unpaired) electrons. The van der Waals surface area contributed by atoms with Crippen LogP contribution in [-0.4, -0.2) is 47.1 Å². The van der Waals surface area contributed by atoms with Gasteiger partial charge < -0.3 is 14.6 Å². The third kappa shape index (κ3) is 5.13. The van der Waals surface area contributed by atoms with E-state index in [1.165, 1.54) is 7.11 Å². The minimum Gasteiger partial charge on any atom is -0.465 e. The summed E-state index contributed by atoms with van der Waals surface area (Å²) in [5.74, 6) is 0.645. The van der Waals surface area contributed by atoms with Gasteiger partial charge >= 0.3 is 5.97 Å². The van der Waals surface area contributed by atoms with E-state index in [9.17, 15) is 9.59 Å². The van der Waals surface area contributed by atoms with Crippen molar-refractivity contribution in [3.8, 4) is 0 Å². The molecule has 1 atom stereocenters. The summed E-state index contributed by atoms with van der Waals surface area (Å²) in [5.41, 5.74) is 1.37. The van der Waals surface area contributed by atoms with Crippen LogP contribution in [0.15, 0.2) is 28.8 Å². The number of aromatic nitrogens is 2. The van der Waals surface area contributed by atoms with Gasteiger partial charge in [0.2, 0.25) is 11.8 Å². The highest BCUT2D eigenvalue weighted by molar-refractivity contribution is 5.89. The third-order valence-corrected chi connectivity index (χ3v) is 4.09. The van der Waals surface area contributed by atoms with Gasteiger partial charge in [-0.2, -0.15) is 4.98 Å². The van der Waals surface area contributed by atoms with Gasteiger partial charge in [-0.3, -0.25) is 9.69 Å². The molecule has 0 bridgehead atoms. The Morgan fingerprint density at radius 1 is 1.31 bits per heavy atom. The summed E-state index contributed by atoms with van der Waals surface area (Å²) >= 11 is 0. The van der Waals surface area contributed by atoms with Crippen molar-refractivity contribution < 1.29 is 18.8 Å². The minimum atomic E-state index is -0.386. The number of hydrogen-bond acceptors (Lipinski definition) is 7. The molecule has 0 fully saturated rings. The fourth-order valence-corrected chi connectivity index (χ4v) is 2.26. The van der Waals surface area contributed by atoms with Gasteiger partial charge in [0.15, 0.2) is 5.82 Å². The van der Waals surface area contributed by atoms with E-state index in [1.807, 2.05) is 25.8 Å². The zero-order chi connectivity index (χ0) is 19.1. The summed E-state index contributed by atoms with van der Waals surface area (Å²) in [6.07, 6.45) is 0.706. The van der Waals surface area contributed by atoms with Crippen molar-refractivity contribution in [3.05, 3.63) is 47.1 Å². The van der Waals surface area contributed by atoms with Crippen LogP contribution < -0.4 is 5.32 Å². The number of carbonyl (C=O) groups is 2. The fraction of sp³-hybridized carbons (Fsp3) is 0.444. The Hall–Kier alpha value is -2.74. The molecule has 8 nitrogen and oxygen atoms in total. The molecule has 0 aliphatic heterocycles. The molecule has 0 aliphatic carbocycles. The van der Waals surface area contributed by atoms with E-state index < -0.39 is 0 Å². The van der Waals surface area contributed by atoms with Gasteiger partial charge in [0.25, 0.3) is 0 Å². The predicted molar refractivity (Wildman–Crippen MR) is 94.2 cm³/mol. The molecule has 1 aromatic heterocycles. The van der Waals surface area contributed by atoms with Crippen molar-refractivity contribution in [1.82, 2.24) is 20.4 Å². The molecular weight excluding hydrogens is 336 g/mol. The van der Waals surface area contributed by atoms with Crippen molar-refractivity contribution in [2.45, 2.75) is 39.4 Å². The molecule has 0 saturated carbocycles. The quantitative estimate of drug-likeness (QED) is 0.713. The third-order valence-electron chi connectivity index (χ3n) is 4.09. The van der Waals surface area contributed by atoms with Crippen LogP contribution in [0.3, 0.4) is 0 Å². The number of carbonyl (C=O) groups excluding carboxylic acids is 2. The topological polar surface area (TPSA) is 97.6 Å². The maximum Gasteiger partial charge on any atom is 0.337 e. The van der Waals surface area contributed by atoms with Gasteiger partial charge in [-0.25, -0.2) is 4.79 Å². The second-order valence-corrected chi connectivity index (χ2v) is 5.96. The summed E-state index contributed by atoms with van der Waals surface area (Å²) in [4.78, 5) is 29.8. The van der Waals surface area contributed by atoms with Crippen molar-refractivity contribution in [2.24, 2.45) is 0 Å². The lowest BCUT2D eigenvalue weighted by Gasteiger charge is -2.22. The first kappa shape index (κ1) is 19.6. The molecule has 2 aromatic rings. The maximum atomic E-state index is 12.3. The van der Waals surface area contributed by atoms with Crippen molar-refractivity contribution in [3.63, 3.8) is 0 Å². The van der Waals surface area contributed by atoms with Gasteiger partial charge in [-0.15, -0.1) is 0 Å². The Bertz CT molecular complexity index is 742. The summed E-state index contributed by atoms with van der Waals surface area (Å²) in [7, 11) is 3.16. The van der Waals surface area contributed by atoms with E-state index >= 15 is 0 Å². The standard InChI is InChI=1S/C18H24N4O4/c1-5-15-20-16(26-21-15)11-22(3)12(2)17(23)19-10-13-6-8-14(9-7-13)18(24)25-4/h6-9,12H,5,10-11H2,1-4H3,(H,19,23). The number of aryl methyl sites for hydroxylation is 1. The van der Waals surface area contributed by atoms with Gasteiger partial charge in [-0.05, 0) is 31.7 Å². The molecule has 1 unspecified atom stereocenters. The first-order valence-electron chi connectivity index (χ1n) is 8.41. The van der Waals surface area contributed by atoms with Crippen LogP contribution in [-0.2, 0) is 29.0 Å². The summed E-state index contributed by atoms with van der Waals surface area (Å²) in [6.45, 7) is 4.54. The van der Waals surface area contributed by atoms with Crippen LogP contribution in [0.2, 0.25) is 0 Å². The van der Waals surface area contributed by atoms with Crippen LogP contribution in [0, 0.1) is 0 Å². The number of hydrogen-bond donors (Lipinski definition) is 1. The van der Waals surface area contributed by atoms with E-state index in [1.54, 1.807) is 24.3 Å². The van der Waals surface area contributed by atoms with E-state index in [2.05, 4.69) is 20.2 Å². The maximum absolute atomic E-state index is 12.3. The first-order chi connectivity index (χ1) is 12.4. The molecule has 8 heteroatoms. The summed E-state index contributed by atoms with van der Waals surface area (Å²) in [6, 6.07) is 6.55. The highest BCUT2D eigenvalue weighted by Crippen LogP contribution is 2.08. The molecular formula is C18H24N4O4. The SMILES string of the molecule is CCc1noc(CN(C)C(C)C(=O)NCc2ccc(C(=O)OC)cc2)n1. The van der Waals surface area contributed by atoms with E-state index in [4.69, 9.17) is 4.52 Å². The lowest BCUT2D eigenvalue weighted by atomic mass is 10.1. The molecule has 26 heavy (non-hydrogen) atoms. The highest BCUT2D eigenvalue weighted by atomic mass is 16.5. The summed E-state index contributed by atoms with van der Waals surface area (Å²) < 4.78 is 9.81. The Balaban J connectivity index is 1.85. The Morgan fingerprint density at radius 3 is 2.58 bits per heavy atom. The molecule has 2 rings (SSSR count). The molecule has 1 heterocycles. The number of nitrogens with zero attached hydrogens (tertiary/aromatic N) is 3. The van der Waals surface area contributed by atoms with E-state index in [-0.39, 0.29) is 17.9 Å².